The van der Waals surface area contributed by atoms with Gasteiger partial charge in [0.15, 0.2) is 0 Å². The Morgan fingerprint density at radius 1 is 1.19 bits per heavy atom. The molecule has 0 bridgehead atoms. The first-order valence-electron chi connectivity index (χ1n) is 6.63. The Morgan fingerprint density at radius 3 is 2.44 bits per heavy atom. The summed E-state index contributed by atoms with van der Waals surface area (Å²) in [5, 5.41) is 3.40. The van der Waals surface area contributed by atoms with E-state index in [0.29, 0.717) is 19.1 Å². The van der Waals surface area contributed by atoms with Crippen molar-refractivity contribution >= 4 is 5.97 Å². The molecule has 0 aliphatic carbocycles. The van der Waals surface area contributed by atoms with Crippen LogP contribution >= 0.6 is 0 Å². The molecule has 0 spiro atoms. The molecular weight excluding hydrogens is 202 g/mol. The normalized spacial score (nSPS) is 12.4. The van der Waals surface area contributed by atoms with Crippen molar-refractivity contribution in [2.24, 2.45) is 0 Å². The van der Waals surface area contributed by atoms with Crippen LogP contribution in [0.1, 0.15) is 59.3 Å². The van der Waals surface area contributed by atoms with Gasteiger partial charge in [0, 0.05) is 12.5 Å². The molecule has 0 saturated heterocycles. The van der Waals surface area contributed by atoms with Crippen molar-refractivity contribution in [1.82, 2.24) is 5.32 Å². The third kappa shape index (κ3) is 8.72. The third-order valence-corrected chi connectivity index (χ3v) is 2.64. The fraction of sp³-hybridized carbons (Fsp3) is 0.923. The standard InChI is InChI=1S/C13H27NO2/c1-4-7-9-13(15)16-11-12(6-3)14-10-8-5-2/h12,14H,4-11H2,1-3H3. The van der Waals surface area contributed by atoms with E-state index in [9.17, 15) is 4.79 Å². The van der Waals surface area contributed by atoms with Gasteiger partial charge < -0.3 is 10.1 Å². The second-order valence-corrected chi connectivity index (χ2v) is 4.20. The summed E-state index contributed by atoms with van der Waals surface area (Å²) in [5.41, 5.74) is 0. The van der Waals surface area contributed by atoms with Crippen LogP contribution < -0.4 is 5.32 Å². The van der Waals surface area contributed by atoms with Crippen molar-refractivity contribution in [3.05, 3.63) is 0 Å². The lowest BCUT2D eigenvalue weighted by atomic mass is 10.2. The van der Waals surface area contributed by atoms with Crippen LogP contribution in [0.15, 0.2) is 0 Å². The third-order valence-electron chi connectivity index (χ3n) is 2.64. The Kier molecular flexibility index (Phi) is 10.5. The quantitative estimate of drug-likeness (QED) is 0.462. The molecule has 1 atom stereocenters. The maximum absolute atomic E-state index is 11.3. The van der Waals surface area contributed by atoms with Crippen molar-refractivity contribution < 1.29 is 9.53 Å². The topological polar surface area (TPSA) is 38.3 Å². The molecule has 96 valence electrons. The fourth-order valence-electron chi connectivity index (χ4n) is 1.39. The van der Waals surface area contributed by atoms with E-state index in [2.05, 4.69) is 26.1 Å². The minimum Gasteiger partial charge on any atom is -0.464 e. The molecule has 0 amide bonds. The molecule has 3 nitrogen and oxygen atoms in total. The zero-order valence-corrected chi connectivity index (χ0v) is 11.1. The van der Waals surface area contributed by atoms with E-state index in [1.165, 1.54) is 12.8 Å². The van der Waals surface area contributed by atoms with Crippen LogP contribution in [0.4, 0.5) is 0 Å². The average molecular weight is 229 g/mol. The second kappa shape index (κ2) is 10.9. The van der Waals surface area contributed by atoms with Crippen LogP contribution in [0, 0.1) is 0 Å². The average Bonchev–Trinajstić information content (AvgIpc) is 2.31. The molecule has 0 saturated carbocycles. The number of esters is 1. The van der Waals surface area contributed by atoms with E-state index in [1.54, 1.807) is 0 Å². The summed E-state index contributed by atoms with van der Waals surface area (Å²) < 4.78 is 5.23. The van der Waals surface area contributed by atoms with Gasteiger partial charge in [0.2, 0.25) is 0 Å². The zero-order valence-electron chi connectivity index (χ0n) is 11.1. The van der Waals surface area contributed by atoms with Gasteiger partial charge in [-0.15, -0.1) is 0 Å². The van der Waals surface area contributed by atoms with Crippen molar-refractivity contribution in [1.29, 1.82) is 0 Å². The highest BCUT2D eigenvalue weighted by atomic mass is 16.5. The molecule has 0 radical (unpaired) electrons. The number of rotatable bonds is 10. The van der Waals surface area contributed by atoms with Gasteiger partial charge >= 0.3 is 5.97 Å². The highest BCUT2D eigenvalue weighted by Gasteiger charge is 2.08. The number of carbonyl (C=O) groups excluding carboxylic acids is 1. The minimum atomic E-state index is -0.0578. The smallest absolute Gasteiger partial charge is 0.305 e. The van der Waals surface area contributed by atoms with E-state index >= 15 is 0 Å². The van der Waals surface area contributed by atoms with E-state index < -0.39 is 0 Å². The van der Waals surface area contributed by atoms with Crippen LogP contribution in [0.3, 0.4) is 0 Å². The highest BCUT2D eigenvalue weighted by Crippen LogP contribution is 1.99. The van der Waals surface area contributed by atoms with Gasteiger partial charge in [0.25, 0.3) is 0 Å². The SMILES string of the molecule is CCCCNC(CC)COC(=O)CCCC. The lowest BCUT2D eigenvalue weighted by molar-refractivity contribution is -0.144. The van der Waals surface area contributed by atoms with Gasteiger partial charge in [0.1, 0.15) is 6.61 Å². The maximum atomic E-state index is 11.3. The minimum absolute atomic E-state index is 0.0578. The molecule has 3 heteroatoms. The van der Waals surface area contributed by atoms with Crippen molar-refractivity contribution in [3.8, 4) is 0 Å². The predicted octanol–water partition coefficient (Wildman–Crippen LogP) is 2.89. The van der Waals surface area contributed by atoms with Crippen LogP contribution in [0.5, 0.6) is 0 Å². The summed E-state index contributed by atoms with van der Waals surface area (Å²) in [5.74, 6) is -0.0578. The van der Waals surface area contributed by atoms with Crippen LogP contribution in [0.2, 0.25) is 0 Å². The van der Waals surface area contributed by atoms with Crippen molar-refractivity contribution in [3.63, 3.8) is 0 Å². The summed E-state index contributed by atoms with van der Waals surface area (Å²) in [7, 11) is 0. The fourth-order valence-corrected chi connectivity index (χ4v) is 1.39. The van der Waals surface area contributed by atoms with E-state index in [1.807, 2.05) is 0 Å². The number of ether oxygens (including phenoxy) is 1. The summed E-state index contributed by atoms with van der Waals surface area (Å²) in [6, 6.07) is 0.317. The molecule has 1 N–H and O–H groups in total. The monoisotopic (exact) mass is 229 g/mol. The maximum Gasteiger partial charge on any atom is 0.305 e. The summed E-state index contributed by atoms with van der Waals surface area (Å²) in [4.78, 5) is 11.3. The van der Waals surface area contributed by atoms with Gasteiger partial charge in [-0.2, -0.15) is 0 Å². The van der Waals surface area contributed by atoms with Crippen molar-refractivity contribution in [2.45, 2.75) is 65.3 Å². The highest BCUT2D eigenvalue weighted by molar-refractivity contribution is 5.69. The van der Waals surface area contributed by atoms with E-state index in [0.717, 1.165) is 25.8 Å². The number of hydrogen-bond acceptors (Lipinski definition) is 3. The number of nitrogens with one attached hydrogen (secondary N) is 1. The Balaban J connectivity index is 3.56. The van der Waals surface area contributed by atoms with Gasteiger partial charge in [-0.05, 0) is 25.8 Å². The van der Waals surface area contributed by atoms with Gasteiger partial charge in [-0.3, -0.25) is 4.79 Å². The predicted molar refractivity (Wildman–Crippen MR) is 67.5 cm³/mol. The van der Waals surface area contributed by atoms with Crippen LogP contribution in [0.25, 0.3) is 0 Å². The first-order chi connectivity index (χ1) is 7.74. The largest absolute Gasteiger partial charge is 0.464 e. The number of hydrogen-bond donors (Lipinski definition) is 1. The zero-order chi connectivity index (χ0) is 12.2. The molecule has 0 aromatic heterocycles. The van der Waals surface area contributed by atoms with E-state index in [-0.39, 0.29) is 5.97 Å². The Hall–Kier alpha value is -0.570. The number of carbonyl (C=O) groups is 1. The first-order valence-corrected chi connectivity index (χ1v) is 6.63. The van der Waals surface area contributed by atoms with Crippen molar-refractivity contribution in [2.75, 3.05) is 13.2 Å². The molecule has 0 aromatic rings. The van der Waals surface area contributed by atoms with E-state index in [4.69, 9.17) is 4.74 Å². The molecule has 0 rings (SSSR count). The molecule has 0 aliphatic heterocycles. The molecule has 16 heavy (non-hydrogen) atoms. The van der Waals surface area contributed by atoms with Crippen LogP contribution in [-0.4, -0.2) is 25.2 Å². The molecule has 0 fully saturated rings. The second-order valence-electron chi connectivity index (χ2n) is 4.20. The molecule has 0 aliphatic rings. The lowest BCUT2D eigenvalue weighted by Crippen LogP contribution is -2.34. The Bertz CT molecular complexity index is 171. The number of unbranched alkanes of at least 4 members (excludes halogenated alkanes) is 2. The molecule has 1 unspecified atom stereocenters. The van der Waals surface area contributed by atoms with Gasteiger partial charge in [0.05, 0.1) is 0 Å². The Labute approximate surface area is 99.9 Å². The molecule has 0 heterocycles. The summed E-state index contributed by atoms with van der Waals surface area (Å²) in [6.07, 6.45) is 5.91. The van der Waals surface area contributed by atoms with Gasteiger partial charge in [-0.25, -0.2) is 0 Å². The summed E-state index contributed by atoms with van der Waals surface area (Å²) in [6.45, 7) is 7.90. The summed E-state index contributed by atoms with van der Waals surface area (Å²) >= 11 is 0. The lowest BCUT2D eigenvalue weighted by Gasteiger charge is -2.16. The van der Waals surface area contributed by atoms with Gasteiger partial charge in [-0.1, -0.05) is 33.6 Å². The molecular formula is C13H27NO2. The van der Waals surface area contributed by atoms with Crippen LogP contribution in [-0.2, 0) is 9.53 Å². The molecule has 0 aromatic carbocycles. The Morgan fingerprint density at radius 2 is 1.88 bits per heavy atom. The first kappa shape index (κ1) is 15.4.